The zero-order valence-electron chi connectivity index (χ0n) is 13.3. The van der Waals surface area contributed by atoms with Crippen molar-refractivity contribution >= 4 is 11.0 Å². The third-order valence-corrected chi connectivity index (χ3v) is 4.75. The number of hydrogen-bond acceptors (Lipinski definition) is 2. The first kappa shape index (κ1) is 15.3. The summed E-state index contributed by atoms with van der Waals surface area (Å²) in [6, 6.07) is 10.3. The quantitative estimate of drug-likeness (QED) is 0.781. The molecule has 1 N–H and O–H groups in total. The second kappa shape index (κ2) is 6.32. The van der Waals surface area contributed by atoms with Crippen molar-refractivity contribution in [1.82, 2.24) is 14.9 Å². The molecule has 1 atom stereocenters. The smallest absolute Gasteiger partial charge is 0.159 e. The number of nitrogens with zero attached hydrogens (tertiary/aromatic N) is 2. The van der Waals surface area contributed by atoms with Crippen molar-refractivity contribution in [2.24, 2.45) is 0 Å². The van der Waals surface area contributed by atoms with Gasteiger partial charge in [0.25, 0.3) is 0 Å². The summed E-state index contributed by atoms with van der Waals surface area (Å²) in [7, 11) is 0. The molecule has 3 aromatic rings. The SMILES string of the molecule is Fc1ccc(CN2CCC[C@@H](c3cc4cccnc4[nH]3)C2)cc1F. The number of aromatic nitrogens is 2. The number of piperidine rings is 1. The lowest BCUT2D eigenvalue weighted by Crippen LogP contribution is -2.34. The highest BCUT2D eigenvalue weighted by atomic mass is 19.2. The Kier molecular flexibility index (Phi) is 4.02. The van der Waals surface area contributed by atoms with Crippen LogP contribution in [-0.2, 0) is 6.54 Å². The first-order valence-electron chi connectivity index (χ1n) is 8.29. The van der Waals surface area contributed by atoms with Crippen LogP contribution in [0.1, 0.15) is 30.0 Å². The molecule has 3 heterocycles. The number of halogens is 2. The van der Waals surface area contributed by atoms with E-state index >= 15 is 0 Å². The third kappa shape index (κ3) is 3.04. The Bertz CT molecular complexity index is 826. The summed E-state index contributed by atoms with van der Waals surface area (Å²) < 4.78 is 26.5. The Morgan fingerprint density at radius 2 is 2.08 bits per heavy atom. The van der Waals surface area contributed by atoms with Crippen molar-refractivity contribution in [1.29, 1.82) is 0 Å². The van der Waals surface area contributed by atoms with Gasteiger partial charge in [0, 0.05) is 36.3 Å². The molecule has 24 heavy (non-hydrogen) atoms. The molecule has 0 aliphatic carbocycles. The summed E-state index contributed by atoms with van der Waals surface area (Å²) >= 11 is 0. The summed E-state index contributed by atoms with van der Waals surface area (Å²) in [5.74, 6) is -1.15. The van der Waals surface area contributed by atoms with Crippen LogP contribution >= 0.6 is 0 Å². The topological polar surface area (TPSA) is 31.9 Å². The van der Waals surface area contributed by atoms with Crippen LogP contribution in [0.2, 0.25) is 0 Å². The molecule has 0 saturated carbocycles. The van der Waals surface area contributed by atoms with Crippen molar-refractivity contribution in [3.05, 3.63) is 65.5 Å². The van der Waals surface area contributed by atoms with Gasteiger partial charge in [-0.2, -0.15) is 0 Å². The summed E-state index contributed by atoms with van der Waals surface area (Å²) in [4.78, 5) is 10.1. The number of fused-ring (bicyclic) bond motifs is 1. The lowest BCUT2D eigenvalue weighted by molar-refractivity contribution is 0.198. The molecular weight excluding hydrogens is 308 g/mol. The molecule has 1 fully saturated rings. The van der Waals surface area contributed by atoms with E-state index in [9.17, 15) is 8.78 Å². The Hall–Kier alpha value is -2.27. The molecule has 124 valence electrons. The molecule has 1 aliphatic heterocycles. The van der Waals surface area contributed by atoms with Crippen molar-refractivity contribution in [2.45, 2.75) is 25.3 Å². The van der Waals surface area contributed by atoms with E-state index in [2.05, 4.69) is 27.0 Å². The molecular formula is C19H19F2N3. The predicted molar refractivity (Wildman–Crippen MR) is 89.7 cm³/mol. The molecule has 0 spiro atoms. The van der Waals surface area contributed by atoms with Crippen LogP contribution in [0.4, 0.5) is 8.78 Å². The summed E-state index contributed by atoms with van der Waals surface area (Å²) in [5, 5.41) is 1.13. The fourth-order valence-electron chi connectivity index (χ4n) is 3.55. The van der Waals surface area contributed by atoms with Gasteiger partial charge in [-0.25, -0.2) is 13.8 Å². The standard InChI is InChI=1S/C19H19F2N3/c20-16-6-5-13(9-17(16)21)11-24-8-2-4-15(12-24)18-10-14-3-1-7-22-19(14)23-18/h1,3,5-7,9-10,15H,2,4,8,11-12H2,(H,22,23)/t15-/m1/s1. The molecule has 1 aromatic carbocycles. The fourth-order valence-corrected chi connectivity index (χ4v) is 3.55. The first-order valence-corrected chi connectivity index (χ1v) is 8.29. The monoisotopic (exact) mass is 327 g/mol. The van der Waals surface area contributed by atoms with E-state index in [1.807, 2.05) is 6.07 Å². The number of nitrogens with one attached hydrogen (secondary N) is 1. The van der Waals surface area contributed by atoms with E-state index in [-0.39, 0.29) is 0 Å². The van der Waals surface area contributed by atoms with Crippen LogP contribution in [0.25, 0.3) is 11.0 Å². The van der Waals surface area contributed by atoms with Crippen LogP contribution < -0.4 is 0 Å². The zero-order valence-corrected chi connectivity index (χ0v) is 13.3. The minimum Gasteiger partial charge on any atom is -0.343 e. The molecule has 5 heteroatoms. The minimum absolute atomic E-state index is 0.415. The van der Waals surface area contributed by atoms with E-state index in [1.54, 1.807) is 12.3 Å². The van der Waals surface area contributed by atoms with E-state index in [0.717, 1.165) is 42.5 Å². The Morgan fingerprint density at radius 3 is 2.92 bits per heavy atom. The van der Waals surface area contributed by atoms with Gasteiger partial charge in [0.2, 0.25) is 0 Å². The average Bonchev–Trinajstić information content (AvgIpc) is 3.03. The normalized spacial score (nSPS) is 19.0. The Morgan fingerprint density at radius 1 is 1.17 bits per heavy atom. The summed E-state index contributed by atoms with van der Waals surface area (Å²) in [6.07, 6.45) is 4.01. The van der Waals surface area contributed by atoms with Gasteiger partial charge in [-0.05, 0) is 55.3 Å². The molecule has 4 rings (SSSR count). The number of hydrogen-bond donors (Lipinski definition) is 1. The number of rotatable bonds is 3. The van der Waals surface area contributed by atoms with Crippen LogP contribution in [0, 0.1) is 11.6 Å². The van der Waals surface area contributed by atoms with Gasteiger partial charge in [0.15, 0.2) is 11.6 Å². The van der Waals surface area contributed by atoms with Crippen LogP contribution in [0.15, 0.2) is 42.6 Å². The van der Waals surface area contributed by atoms with Gasteiger partial charge in [0.1, 0.15) is 5.65 Å². The molecule has 0 bridgehead atoms. The molecule has 0 unspecified atom stereocenters. The second-order valence-electron chi connectivity index (χ2n) is 6.49. The van der Waals surface area contributed by atoms with E-state index in [4.69, 9.17) is 0 Å². The van der Waals surface area contributed by atoms with Gasteiger partial charge in [-0.1, -0.05) is 6.07 Å². The minimum atomic E-state index is -0.791. The lowest BCUT2D eigenvalue weighted by atomic mass is 9.94. The van der Waals surface area contributed by atoms with Gasteiger partial charge in [0.05, 0.1) is 0 Å². The van der Waals surface area contributed by atoms with Crippen molar-refractivity contribution in [2.75, 3.05) is 13.1 Å². The van der Waals surface area contributed by atoms with Gasteiger partial charge >= 0.3 is 0 Å². The third-order valence-electron chi connectivity index (χ3n) is 4.75. The number of likely N-dealkylation sites (tertiary alicyclic amines) is 1. The maximum absolute atomic E-state index is 13.4. The molecule has 0 radical (unpaired) electrons. The molecule has 1 saturated heterocycles. The number of benzene rings is 1. The van der Waals surface area contributed by atoms with Crippen molar-refractivity contribution in [3.8, 4) is 0 Å². The summed E-state index contributed by atoms with van der Waals surface area (Å²) in [5.41, 5.74) is 2.94. The highest BCUT2D eigenvalue weighted by Gasteiger charge is 2.23. The van der Waals surface area contributed by atoms with Crippen LogP contribution in [0.3, 0.4) is 0 Å². The Labute approximate surface area is 139 Å². The predicted octanol–water partition coefficient (Wildman–Crippen LogP) is 4.22. The molecule has 3 nitrogen and oxygen atoms in total. The van der Waals surface area contributed by atoms with Gasteiger partial charge in [-0.15, -0.1) is 0 Å². The maximum Gasteiger partial charge on any atom is 0.159 e. The van der Waals surface area contributed by atoms with Gasteiger partial charge < -0.3 is 4.98 Å². The highest BCUT2D eigenvalue weighted by molar-refractivity contribution is 5.76. The van der Waals surface area contributed by atoms with Crippen LogP contribution in [0.5, 0.6) is 0 Å². The molecule has 1 aliphatic rings. The maximum atomic E-state index is 13.4. The van der Waals surface area contributed by atoms with E-state index in [1.165, 1.54) is 17.8 Å². The second-order valence-corrected chi connectivity index (χ2v) is 6.49. The zero-order chi connectivity index (χ0) is 16.5. The fraction of sp³-hybridized carbons (Fsp3) is 0.316. The summed E-state index contributed by atoms with van der Waals surface area (Å²) in [6.45, 7) is 2.53. The first-order chi connectivity index (χ1) is 11.7. The highest BCUT2D eigenvalue weighted by Crippen LogP contribution is 2.29. The number of H-pyrrole nitrogens is 1. The Balaban J connectivity index is 1.49. The van der Waals surface area contributed by atoms with E-state index in [0.29, 0.717) is 12.5 Å². The average molecular weight is 327 g/mol. The molecule has 0 amide bonds. The van der Waals surface area contributed by atoms with Crippen LogP contribution in [-0.4, -0.2) is 28.0 Å². The van der Waals surface area contributed by atoms with E-state index < -0.39 is 11.6 Å². The van der Waals surface area contributed by atoms with Crippen molar-refractivity contribution in [3.63, 3.8) is 0 Å². The number of pyridine rings is 1. The largest absolute Gasteiger partial charge is 0.343 e. The van der Waals surface area contributed by atoms with Gasteiger partial charge in [-0.3, -0.25) is 4.90 Å². The molecule has 2 aromatic heterocycles. The van der Waals surface area contributed by atoms with Crippen molar-refractivity contribution < 1.29 is 8.78 Å². The lowest BCUT2D eigenvalue weighted by Gasteiger charge is -2.32. The number of aromatic amines is 1.